The normalized spacial score (nSPS) is 15.7. The molecule has 3 aliphatic rings. The third kappa shape index (κ3) is 5.55. The highest BCUT2D eigenvalue weighted by Gasteiger charge is 2.49. The fourth-order valence-electron chi connectivity index (χ4n) is 10.1. The number of aromatic nitrogens is 3. The second-order valence-electron chi connectivity index (χ2n) is 16.5. The lowest BCUT2D eigenvalue weighted by Gasteiger charge is -2.37. The second-order valence-corrected chi connectivity index (χ2v) is 16.5. The van der Waals surface area contributed by atoms with Crippen LogP contribution in [0.2, 0.25) is 0 Å². The van der Waals surface area contributed by atoms with Crippen molar-refractivity contribution in [3.05, 3.63) is 222 Å². The molecule has 1 aliphatic heterocycles. The minimum Gasteiger partial charge on any atom is -0.455 e. The molecule has 1 unspecified atom stereocenters. The van der Waals surface area contributed by atoms with E-state index in [1.807, 2.05) is 66.7 Å². The second kappa shape index (κ2) is 14.4. The number of hydrogen-bond acceptors (Lipinski definition) is 6. The van der Waals surface area contributed by atoms with Crippen LogP contribution in [0, 0.1) is 0 Å². The maximum absolute atomic E-state index is 6.94. The molecule has 6 heteroatoms. The number of rotatable bonds is 6. The minimum atomic E-state index is -0.462. The summed E-state index contributed by atoms with van der Waals surface area (Å²) in [6, 6.07) is 62.7. The molecule has 2 aromatic heterocycles. The standard InChI is InChI=1S/C58H37N3O3/c1-4-15-37(16-5-1)55-59-56(38-29-27-36(28-30-38)42-23-14-24-44-43-21-11-13-26-48(43)63-53(42)44)61-57(60-55)39-31-33-49-51(35-39)62-50-34-32-47-52(54(50)64-49)45-22-10-12-25-46(45)58(47,40-17-6-2-7-18-40)41-19-8-3-9-20-41/h1-8,10-19,21-35H,9,20H2. The molecule has 0 saturated carbocycles. The van der Waals surface area contributed by atoms with Crippen molar-refractivity contribution in [2.45, 2.75) is 18.3 Å². The summed E-state index contributed by atoms with van der Waals surface area (Å²) in [5.74, 6) is 4.30. The van der Waals surface area contributed by atoms with Crippen LogP contribution in [0.1, 0.15) is 29.5 Å². The van der Waals surface area contributed by atoms with Gasteiger partial charge in [-0.3, -0.25) is 0 Å². The zero-order valence-electron chi connectivity index (χ0n) is 34.5. The van der Waals surface area contributed by atoms with Crippen LogP contribution in [-0.4, -0.2) is 15.0 Å². The quantitative estimate of drug-likeness (QED) is 0.166. The van der Waals surface area contributed by atoms with E-state index in [-0.39, 0.29) is 0 Å². The fourth-order valence-corrected chi connectivity index (χ4v) is 10.1. The summed E-state index contributed by atoms with van der Waals surface area (Å²) in [6.07, 6.45) is 8.74. The molecule has 64 heavy (non-hydrogen) atoms. The number of nitrogens with zero attached hydrogens (tertiary/aromatic N) is 3. The Labute approximate surface area is 369 Å². The van der Waals surface area contributed by atoms with Crippen LogP contribution in [-0.2, 0) is 5.41 Å². The van der Waals surface area contributed by atoms with Gasteiger partial charge in [-0.2, -0.15) is 0 Å². The number of para-hydroxylation sites is 2. The molecule has 0 N–H and O–H groups in total. The van der Waals surface area contributed by atoms with Crippen LogP contribution >= 0.6 is 0 Å². The minimum absolute atomic E-state index is 0.462. The summed E-state index contributed by atoms with van der Waals surface area (Å²) >= 11 is 0. The Bertz CT molecular complexity index is 3560. The van der Waals surface area contributed by atoms with Gasteiger partial charge in [-0.05, 0) is 71.0 Å². The van der Waals surface area contributed by atoms with E-state index in [4.69, 9.17) is 28.8 Å². The summed E-state index contributed by atoms with van der Waals surface area (Å²) in [5.41, 5.74) is 13.2. The number of ether oxygens (including phenoxy) is 2. The zero-order chi connectivity index (χ0) is 42.2. The van der Waals surface area contributed by atoms with Crippen molar-refractivity contribution in [1.82, 2.24) is 15.0 Å². The summed E-state index contributed by atoms with van der Waals surface area (Å²) in [5, 5.41) is 2.20. The van der Waals surface area contributed by atoms with E-state index < -0.39 is 5.41 Å². The predicted molar refractivity (Wildman–Crippen MR) is 254 cm³/mol. The Morgan fingerprint density at radius 1 is 0.469 bits per heavy atom. The molecule has 2 aliphatic carbocycles. The molecule has 0 fully saturated rings. The van der Waals surface area contributed by atoms with Crippen LogP contribution in [0.25, 0.3) is 78.4 Å². The van der Waals surface area contributed by atoms with Crippen molar-refractivity contribution in [2.75, 3.05) is 0 Å². The van der Waals surface area contributed by atoms with Crippen LogP contribution in [0.5, 0.6) is 23.0 Å². The Kier molecular flexibility index (Phi) is 8.15. The van der Waals surface area contributed by atoms with Gasteiger partial charge >= 0.3 is 0 Å². The van der Waals surface area contributed by atoms with E-state index >= 15 is 0 Å². The van der Waals surface area contributed by atoms with Crippen LogP contribution in [0.15, 0.2) is 210 Å². The van der Waals surface area contributed by atoms with E-state index in [1.165, 1.54) is 22.3 Å². The fraction of sp³-hybridized carbons (Fsp3) is 0.0517. The zero-order valence-corrected chi connectivity index (χ0v) is 34.5. The lowest BCUT2D eigenvalue weighted by atomic mass is 9.65. The van der Waals surface area contributed by atoms with E-state index in [2.05, 4.69) is 133 Å². The molecule has 13 rings (SSSR count). The van der Waals surface area contributed by atoms with Gasteiger partial charge in [0.05, 0.1) is 5.41 Å². The topological polar surface area (TPSA) is 70.3 Å². The third-order valence-corrected chi connectivity index (χ3v) is 13.0. The number of fused-ring (bicyclic) bond motifs is 9. The molecule has 0 saturated heterocycles. The number of hydrogen-bond donors (Lipinski definition) is 0. The lowest BCUT2D eigenvalue weighted by Crippen LogP contribution is -2.30. The summed E-state index contributed by atoms with van der Waals surface area (Å²) in [6.45, 7) is 0. The molecule has 6 nitrogen and oxygen atoms in total. The largest absolute Gasteiger partial charge is 0.455 e. The number of benzene rings is 8. The van der Waals surface area contributed by atoms with Crippen molar-refractivity contribution in [3.8, 4) is 79.4 Å². The maximum atomic E-state index is 6.94. The lowest BCUT2D eigenvalue weighted by molar-refractivity contribution is 0.360. The van der Waals surface area contributed by atoms with Crippen molar-refractivity contribution in [2.24, 2.45) is 0 Å². The van der Waals surface area contributed by atoms with Crippen LogP contribution in [0.4, 0.5) is 0 Å². The molecule has 0 bridgehead atoms. The molecule has 302 valence electrons. The Hall–Kier alpha value is -8.35. The summed E-state index contributed by atoms with van der Waals surface area (Å²) in [4.78, 5) is 15.1. The van der Waals surface area contributed by atoms with Gasteiger partial charge in [-0.15, -0.1) is 0 Å². The smallest absolute Gasteiger partial charge is 0.178 e. The Morgan fingerprint density at radius 3 is 1.94 bits per heavy atom. The van der Waals surface area contributed by atoms with E-state index in [9.17, 15) is 0 Å². The van der Waals surface area contributed by atoms with Gasteiger partial charge in [0.1, 0.15) is 11.2 Å². The van der Waals surface area contributed by atoms with Crippen LogP contribution in [0.3, 0.4) is 0 Å². The highest BCUT2D eigenvalue weighted by molar-refractivity contribution is 6.09. The van der Waals surface area contributed by atoms with Crippen molar-refractivity contribution in [3.63, 3.8) is 0 Å². The molecule has 10 aromatic rings. The number of allylic oxidation sites excluding steroid dienone is 4. The molecule has 0 radical (unpaired) electrons. The molecule has 0 spiro atoms. The predicted octanol–water partition coefficient (Wildman–Crippen LogP) is 14.9. The first kappa shape index (κ1) is 36.3. The van der Waals surface area contributed by atoms with E-state index in [0.717, 1.165) is 79.5 Å². The molecule has 0 amide bonds. The SMILES string of the molecule is C1=CCCC(C2(c3ccccc3)c3ccccc3-c3c2ccc2c3Oc3ccc(-c4nc(-c5ccccc5)nc(-c5ccc(-c6cccc7c6oc6ccccc67)cc5)n4)cc3O2)=C1. The first-order valence-electron chi connectivity index (χ1n) is 21.7. The highest BCUT2D eigenvalue weighted by Crippen LogP contribution is 2.63. The van der Waals surface area contributed by atoms with Gasteiger partial charge in [0.2, 0.25) is 0 Å². The Balaban J connectivity index is 0.888. The van der Waals surface area contributed by atoms with Crippen LogP contribution < -0.4 is 9.47 Å². The van der Waals surface area contributed by atoms with Gasteiger partial charge in [0.15, 0.2) is 40.5 Å². The molecule has 1 atom stereocenters. The van der Waals surface area contributed by atoms with Crippen molar-refractivity contribution < 1.29 is 13.9 Å². The third-order valence-electron chi connectivity index (χ3n) is 13.0. The van der Waals surface area contributed by atoms with Gasteiger partial charge in [0, 0.05) is 38.6 Å². The molecular formula is C58H37N3O3. The molecule has 3 heterocycles. The van der Waals surface area contributed by atoms with E-state index in [0.29, 0.717) is 34.7 Å². The molecular weight excluding hydrogens is 787 g/mol. The monoisotopic (exact) mass is 823 g/mol. The van der Waals surface area contributed by atoms with Gasteiger partial charge in [0.25, 0.3) is 0 Å². The first-order chi connectivity index (χ1) is 31.7. The van der Waals surface area contributed by atoms with Gasteiger partial charge in [-0.1, -0.05) is 175 Å². The maximum Gasteiger partial charge on any atom is 0.178 e. The van der Waals surface area contributed by atoms with E-state index in [1.54, 1.807) is 0 Å². The Morgan fingerprint density at radius 2 is 1.12 bits per heavy atom. The van der Waals surface area contributed by atoms with Gasteiger partial charge in [-0.25, -0.2) is 15.0 Å². The van der Waals surface area contributed by atoms with Gasteiger partial charge < -0.3 is 13.9 Å². The average molecular weight is 824 g/mol. The molecule has 8 aromatic carbocycles. The number of furan rings is 1. The highest BCUT2D eigenvalue weighted by atomic mass is 16.6. The summed E-state index contributed by atoms with van der Waals surface area (Å²) in [7, 11) is 0. The first-order valence-corrected chi connectivity index (χ1v) is 21.7. The van der Waals surface area contributed by atoms with Crippen molar-refractivity contribution >= 4 is 21.9 Å². The average Bonchev–Trinajstić information content (AvgIpc) is 3.91. The van der Waals surface area contributed by atoms with Crippen molar-refractivity contribution in [1.29, 1.82) is 0 Å². The summed E-state index contributed by atoms with van der Waals surface area (Å²) < 4.78 is 20.1.